The highest BCUT2D eigenvalue weighted by Crippen LogP contribution is 2.16. The van der Waals surface area contributed by atoms with Crippen molar-refractivity contribution >= 4 is 12.0 Å². The molecular formula is C14H19N5O. The molecule has 2 amide bonds. The van der Waals surface area contributed by atoms with Gasteiger partial charge in [-0.05, 0) is 31.9 Å². The van der Waals surface area contributed by atoms with Crippen molar-refractivity contribution in [1.82, 2.24) is 20.1 Å². The number of rotatable bonds is 3. The van der Waals surface area contributed by atoms with Crippen molar-refractivity contribution in [3.8, 4) is 0 Å². The maximum atomic E-state index is 12.0. The number of carbonyl (C=O) groups excluding carboxylic acids is 1. The zero-order valence-corrected chi connectivity index (χ0v) is 12.1. The highest BCUT2D eigenvalue weighted by Gasteiger charge is 2.13. The van der Waals surface area contributed by atoms with Crippen LogP contribution in [-0.4, -0.2) is 20.8 Å². The lowest BCUT2D eigenvalue weighted by Gasteiger charge is -2.16. The Balaban J connectivity index is 2.01. The summed E-state index contributed by atoms with van der Waals surface area (Å²) < 4.78 is 1.54. The molecule has 1 aromatic heterocycles. The quantitative estimate of drug-likeness (QED) is 0.901. The van der Waals surface area contributed by atoms with Gasteiger partial charge in [0.1, 0.15) is 5.82 Å². The van der Waals surface area contributed by atoms with Crippen molar-refractivity contribution in [2.45, 2.75) is 26.8 Å². The number of benzene rings is 1. The fourth-order valence-electron chi connectivity index (χ4n) is 2.11. The van der Waals surface area contributed by atoms with Gasteiger partial charge in [-0.1, -0.05) is 24.3 Å². The van der Waals surface area contributed by atoms with Crippen LogP contribution < -0.4 is 10.6 Å². The molecule has 0 aliphatic rings. The van der Waals surface area contributed by atoms with Crippen LogP contribution in [0.4, 0.5) is 10.7 Å². The van der Waals surface area contributed by atoms with Gasteiger partial charge in [0.05, 0.1) is 6.04 Å². The molecule has 2 rings (SSSR count). The van der Waals surface area contributed by atoms with Crippen LogP contribution >= 0.6 is 0 Å². The Morgan fingerprint density at radius 3 is 2.60 bits per heavy atom. The summed E-state index contributed by atoms with van der Waals surface area (Å²) in [6.07, 6.45) is 0. The Hall–Kier alpha value is -2.37. The van der Waals surface area contributed by atoms with Crippen molar-refractivity contribution in [2.75, 3.05) is 5.32 Å². The molecule has 6 heteroatoms. The summed E-state index contributed by atoms with van der Waals surface area (Å²) >= 11 is 0. The van der Waals surface area contributed by atoms with Crippen LogP contribution in [0.15, 0.2) is 24.3 Å². The topological polar surface area (TPSA) is 71.8 Å². The lowest BCUT2D eigenvalue weighted by molar-refractivity contribution is 0.249. The predicted octanol–water partition coefficient (Wildman–Crippen LogP) is 2.31. The summed E-state index contributed by atoms with van der Waals surface area (Å²) in [5, 5.41) is 9.66. The van der Waals surface area contributed by atoms with Crippen LogP contribution in [0.3, 0.4) is 0 Å². The van der Waals surface area contributed by atoms with Gasteiger partial charge in [0, 0.05) is 7.05 Å². The average molecular weight is 273 g/mol. The molecule has 106 valence electrons. The first-order valence-corrected chi connectivity index (χ1v) is 6.48. The van der Waals surface area contributed by atoms with E-state index in [1.807, 2.05) is 38.1 Å². The number of urea groups is 1. The van der Waals surface area contributed by atoms with Crippen molar-refractivity contribution in [3.05, 3.63) is 41.2 Å². The normalized spacial score (nSPS) is 12.0. The summed E-state index contributed by atoms with van der Waals surface area (Å²) in [5.74, 6) is 1.05. The van der Waals surface area contributed by atoms with E-state index in [9.17, 15) is 4.79 Å². The van der Waals surface area contributed by atoms with Gasteiger partial charge in [-0.3, -0.25) is 5.32 Å². The van der Waals surface area contributed by atoms with Crippen LogP contribution in [-0.2, 0) is 7.05 Å². The molecular weight excluding hydrogens is 254 g/mol. The first kappa shape index (κ1) is 14.0. The maximum Gasteiger partial charge on any atom is 0.322 e. The highest BCUT2D eigenvalue weighted by molar-refractivity contribution is 5.87. The summed E-state index contributed by atoms with van der Waals surface area (Å²) in [4.78, 5) is 16.1. The van der Waals surface area contributed by atoms with E-state index in [0.29, 0.717) is 11.8 Å². The molecule has 1 aromatic carbocycles. The molecule has 0 aliphatic heterocycles. The van der Waals surface area contributed by atoms with Crippen LogP contribution in [0.25, 0.3) is 0 Å². The van der Waals surface area contributed by atoms with Crippen LogP contribution in [0, 0.1) is 13.8 Å². The second-order valence-corrected chi connectivity index (χ2v) is 4.78. The van der Waals surface area contributed by atoms with E-state index in [2.05, 4.69) is 20.7 Å². The molecule has 0 bridgehead atoms. The Morgan fingerprint density at radius 1 is 1.30 bits per heavy atom. The average Bonchev–Trinajstić information content (AvgIpc) is 2.68. The molecule has 2 aromatic rings. The third kappa shape index (κ3) is 3.14. The summed E-state index contributed by atoms with van der Waals surface area (Å²) in [6, 6.07) is 7.60. The van der Waals surface area contributed by atoms with Gasteiger partial charge in [0.25, 0.3) is 0 Å². The second-order valence-electron chi connectivity index (χ2n) is 4.78. The smallest absolute Gasteiger partial charge is 0.322 e. The number of aryl methyl sites for hydroxylation is 3. The van der Waals surface area contributed by atoms with Gasteiger partial charge in [-0.2, -0.15) is 10.1 Å². The molecule has 0 saturated carbocycles. The minimum Gasteiger partial charge on any atom is -0.331 e. The Kier molecular flexibility index (Phi) is 4.02. The zero-order chi connectivity index (χ0) is 14.7. The van der Waals surface area contributed by atoms with E-state index in [-0.39, 0.29) is 12.1 Å². The molecule has 0 aliphatic carbocycles. The van der Waals surface area contributed by atoms with E-state index in [0.717, 1.165) is 11.1 Å². The number of aromatic nitrogens is 3. The van der Waals surface area contributed by atoms with E-state index < -0.39 is 0 Å². The fraction of sp³-hybridized carbons (Fsp3) is 0.357. The number of amides is 2. The maximum absolute atomic E-state index is 12.0. The summed E-state index contributed by atoms with van der Waals surface area (Å²) in [6.45, 7) is 5.75. The molecule has 6 nitrogen and oxygen atoms in total. The highest BCUT2D eigenvalue weighted by atomic mass is 16.2. The summed E-state index contributed by atoms with van der Waals surface area (Å²) in [5.41, 5.74) is 2.24. The van der Waals surface area contributed by atoms with Gasteiger partial charge < -0.3 is 5.32 Å². The number of anilines is 1. The number of hydrogen-bond acceptors (Lipinski definition) is 3. The van der Waals surface area contributed by atoms with Crippen molar-refractivity contribution in [2.24, 2.45) is 7.05 Å². The van der Waals surface area contributed by atoms with Gasteiger partial charge in [0.2, 0.25) is 5.95 Å². The predicted molar refractivity (Wildman–Crippen MR) is 77.5 cm³/mol. The van der Waals surface area contributed by atoms with E-state index >= 15 is 0 Å². The third-order valence-corrected chi connectivity index (χ3v) is 3.10. The molecule has 1 heterocycles. The summed E-state index contributed by atoms with van der Waals surface area (Å²) in [7, 11) is 1.74. The Labute approximate surface area is 118 Å². The molecule has 0 fully saturated rings. The minimum absolute atomic E-state index is 0.0782. The molecule has 20 heavy (non-hydrogen) atoms. The molecule has 0 unspecified atom stereocenters. The first-order chi connectivity index (χ1) is 9.47. The monoisotopic (exact) mass is 273 g/mol. The number of nitrogens with zero attached hydrogens (tertiary/aromatic N) is 3. The Morgan fingerprint density at radius 2 is 2.00 bits per heavy atom. The van der Waals surface area contributed by atoms with Gasteiger partial charge in [0.15, 0.2) is 0 Å². The number of hydrogen-bond donors (Lipinski definition) is 2. The first-order valence-electron chi connectivity index (χ1n) is 6.48. The van der Waals surface area contributed by atoms with Crippen molar-refractivity contribution in [1.29, 1.82) is 0 Å². The standard InChI is InChI=1S/C14H19N5O/c1-9-7-5-6-8-12(9)10(2)15-14(20)17-13-16-11(3)18-19(13)4/h5-8,10H,1-4H3,(H2,15,16,17,18,20)/t10-/m1/s1. The SMILES string of the molecule is Cc1nc(NC(=O)N[C@H](C)c2ccccc2C)n(C)n1. The number of nitrogens with one attached hydrogen (secondary N) is 2. The lowest BCUT2D eigenvalue weighted by atomic mass is 10.0. The molecule has 1 atom stereocenters. The van der Waals surface area contributed by atoms with Crippen molar-refractivity contribution < 1.29 is 4.79 Å². The van der Waals surface area contributed by atoms with E-state index in [1.54, 1.807) is 14.0 Å². The minimum atomic E-state index is -0.295. The van der Waals surface area contributed by atoms with E-state index in [1.165, 1.54) is 4.68 Å². The van der Waals surface area contributed by atoms with Gasteiger partial charge in [-0.15, -0.1) is 0 Å². The molecule has 0 radical (unpaired) electrons. The second kappa shape index (κ2) is 5.73. The molecule has 0 spiro atoms. The molecule has 0 saturated heterocycles. The fourth-order valence-corrected chi connectivity index (χ4v) is 2.11. The van der Waals surface area contributed by atoms with Crippen LogP contribution in [0.5, 0.6) is 0 Å². The van der Waals surface area contributed by atoms with Crippen LogP contribution in [0.1, 0.15) is 29.9 Å². The van der Waals surface area contributed by atoms with Gasteiger partial charge >= 0.3 is 6.03 Å². The zero-order valence-electron chi connectivity index (χ0n) is 12.1. The van der Waals surface area contributed by atoms with Crippen molar-refractivity contribution in [3.63, 3.8) is 0 Å². The lowest BCUT2D eigenvalue weighted by Crippen LogP contribution is -2.32. The van der Waals surface area contributed by atoms with Gasteiger partial charge in [-0.25, -0.2) is 9.48 Å². The third-order valence-electron chi connectivity index (χ3n) is 3.10. The van der Waals surface area contributed by atoms with E-state index in [4.69, 9.17) is 0 Å². The largest absolute Gasteiger partial charge is 0.331 e. The molecule has 2 N–H and O–H groups in total. The van der Waals surface area contributed by atoms with Crippen LogP contribution in [0.2, 0.25) is 0 Å². The Bertz CT molecular complexity index is 620. The number of carbonyl (C=O) groups is 1.